The third-order valence-electron chi connectivity index (χ3n) is 2.74. The van der Waals surface area contributed by atoms with E-state index in [1.807, 2.05) is 19.1 Å². The minimum absolute atomic E-state index is 0.191. The molecule has 1 aromatic heterocycles. The van der Waals surface area contributed by atoms with Crippen LogP contribution in [0.4, 0.5) is 5.69 Å². The van der Waals surface area contributed by atoms with Crippen molar-refractivity contribution < 1.29 is 9.90 Å². The van der Waals surface area contributed by atoms with Gasteiger partial charge in [-0.1, -0.05) is 17.9 Å². The van der Waals surface area contributed by atoms with Crippen LogP contribution in [0.15, 0.2) is 30.5 Å². The lowest BCUT2D eigenvalue weighted by atomic mass is 10.1. The molecule has 1 aromatic carbocycles. The summed E-state index contributed by atoms with van der Waals surface area (Å²) in [7, 11) is 1.76. The Kier molecular flexibility index (Phi) is 4.18. The van der Waals surface area contributed by atoms with Crippen molar-refractivity contribution in [2.75, 3.05) is 11.9 Å². The van der Waals surface area contributed by atoms with E-state index in [-0.39, 0.29) is 12.5 Å². The fourth-order valence-corrected chi connectivity index (χ4v) is 1.70. The Hall–Kier alpha value is -2.58. The van der Waals surface area contributed by atoms with Gasteiger partial charge in [-0.15, -0.1) is 0 Å². The predicted octanol–water partition coefficient (Wildman–Crippen LogP) is 1.32. The molecule has 2 rings (SSSR count). The van der Waals surface area contributed by atoms with Gasteiger partial charge in [0.25, 0.3) is 5.91 Å². The normalized spacial score (nSPS) is 9.75. The third kappa shape index (κ3) is 3.25. The van der Waals surface area contributed by atoms with Crippen LogP contribution in [0.1, 0.15) is 21.6 Å². The van der Waals surface area contributed by atoms with Crippen LogP contribution in [0.5, 0.6) is 0 Å². The average Bonchev–Trinajstić information content (AvgIpc) is 2.86. The fraction of sp³-hybridized carbons (Fsp3) is 0.200. The molecule has 0 bridgehead atoms. The molecular formula is C15H15N3O2. The zero-order valence-electron chi connectivity index (χ0n) is 11.3. The maximum absolute atomic E-state index is 12.0. The molecule has 0 saturated heterocycles. The second-order valence-electron chi connectivity index (χ2n) is 4.32. The first-order chi connectivity index (χ1) is 9.60. The zero-order chi connectivity index (χ0) is 14.5. The molecule has 0 atom stereocenters. The molecule has 2 N–H and O–H groups in total. The van der Waals surface area contributed by atoms with Crippen molar-refractivity contribution in [2.45, 2.75) is 6.92 Å². The monoisotopic (exact) mass is 269 g/mol. The van der Waals surface area contributed by atoms with Gasteiger partial charge in [-0.2, -0.15) is 5.10 Å². The Morgan fingerprint density at radius 2 is 2.25 bits per heavy atom. The Labute approximate surface area is 117 Å². The van der Waals surface area contributed by atoms with E-state index in [2.05, 4.69) is 22.3 Å². The standard InChI is InChI=1S/C15H15N3O2/c1-11-5-6-12(4-3-9-19)10-14(11)16-15(20)13-7-8-18(2)17-13/h5-8,10,19H,9H2,1-2H3,(H,16,20). The van der Waals surface area contributed by atoms with E-state index in [9.17, 15) is 4.79 Å². The molecule has 0 saturated carbocycles. The Morgan fingerprint density at radius 1 is 1.45 bits per heavy atom. The highest BCUT2D eigenvalue weighted by atomic mass is 16.2. The number of nitrogens with one attached hydrogen (secondary N) is 1. The highest BCUT2D eigenvalue weighted by Crippen LogP contribution is 2.17. The zero-order valence-corrected chi connectivity index (χ0v) is 11.3. The molecule has 0 radical (unpaired) electrons. The molecule has 0 aliphatic rings. The number of anilines is 1. The van der Waals surface area contributed by atoms with Crippen LogP contribution in [-0.2, 0) is 7.05 Å². The number of amides is 1. The number of carbonyl (C=O) groups excluding carboxylic acids is 1. The van der Waals surface area contributed by atoms with Crippen LogP contribution in [0.3, 0.4) is 0 Å². The largest absolute Gasteiger partial charge is 0.384 e. The summed E-state index contributed by atoms with van der Waals surface area (Å²) in [6.45, 7) is 1.71. The highest BCUT2D eigenvalue weighted by Gasteiger charge is 2.10. The van der Waals surface area contributed by atoms with Crippen LogP contribution in [0, 0.1) is 18.8 Å². The van der Waals surface area contributed by atoms with Gasteiger partial charge in [-0.3, -0.25) is 9.48 Å². The molecule has 20 heavy (non-hydrogen) atoms. The smallest absolute Gasteiger partial charge is 0.276 e. The molecule has 1 heterocycles. The second kappa shape index (κ2) is 6.04. The molecule has 1 amide bonds. The number of aliphatic hydroxyl groups is 1. The Bertz CT molecular complexity index is 693. The van der Waals surface area contributed by atoms with E-state index >= 15 is 0 Å². The molecule has 0 fully saturated rings. The number of benzene rings is 1. The van der Waals surface area contributed by atoms with Gasteiger partial charge in [-0.05, 0) is 30.7 Å². The molecule has 5 heteroatoms. The molecule has 0 spiro atoms. The summed E-state index contributed by atoms with van der Waals surface area (Å²) in [4.78, 5) is 12.0. The van der Waals surface area contributed by atoms with Crippen molar-refractivity contribution in [1.82, 2.24) is 9.78 Å². The van der Waals surface area contributed by atoms with Crippen LogP contribution < -0.4 is 5.32 Å². The summed E-state index contributed by atoms with van der Waals surface area (Å²) in [5, 5.41) is 15.6. The van der Waals surface area contributed by atoms with Gasteiger partial charge in [0.1, 0.15) is 6.61 Å². The molecular weight excluding hydrogens is 254 g/mol. The second-order valence-corrected chi connectivity index (χ2v) is 4.32. The molecule has 0 aliphatic heterocycles. The minimum Gasteiger partial charge on any atom is -0.384 e. The number of aromatic nitrogens is 2. The number of rotatable bonds is 2. The number of carbonyl (C=O) groups is 1. The lowest BCUT2D eigenvalue weighted by molar-refractivity contribution is 0.102. The molecule has 0 unspecified atom stereocenters. The van der Waals surface area contributed by atoms with Crippen molar-refractivity contribution in [2.24, 2.45) is 7.05 Å². The summed E-state index contributed by atoms with van der Waals surface area (Å²) >= 11 is 0. The Balaban J connectivity index is 2.22. The predicted molar refractivity (Wildman–Crippen MR) is 76.3 cm³/mol. The number of aryl methyl sites for hydroxylation is 2. The Morgan fingerprint density at radius 3 is 2.90 bits per heavy atom. The van der Waals surface area contributed by atoms with Gasteiger partial charge >= 0.3 is 0 Å². The first kappa shape index (κ1) is 13.8. The van der Waals surface area contributed by atoms with Crippen molar-refractivity contribution in [3.8, 4) is 11.8 Å². The van der Waals surface area contributed by atoms with E-state index in [0.717, 1.165) is 11.1 Å². The van der Waals surface area contributed by atoms with E-state index in [1.165, 1.54) is 0 Å². The maximum atomic E-state index is 12.0. The lowest BCUT2D eigenvalue weighted by Crippen LogP contribution is -2.14. The summed E-state index contributed by atoms with van der Waals surface area (Å²) in [6.07, 6.45) is 1.71. The van der Waals surface area contributed by atoms with Gasteiger partial charge in [0.15, 0.2) is 5.69 Å². The van der Waals surface area contributed by atoms with Crippen LogP contribution in [-0.4, -0.2) is 27.4 Å². The number of hydrogen-bond acceptors (Lipinski definition) is 3. The van der Waals surface area contributed by atoms with E-state index in [1.54, 1.807) is 30.1 Å². The number of hydrogen-bond donors (Lipinski definition) is 2. The summed E-state index contributed by atoms with van der Waals surface area (Å²) in [6, 6.07) is 7.14. The molecule has 0 aliphatic carbocycles. The van der Waals surface area contributed by atoms with Crippen LogP contribution in [0.2, 0.25) is 0 Å². The molecule has 102 valence electrons. The van der Waals surface area contributed by atoms with Gasteiger partial charge < -0.3 is 10.4 Å². The quantitative estimate of drug-likeness (QED) is 0.808. The summed E-state index contributed by atoms with van der Waals surface area (Å²) in [5.74, 6) is 5.12. The number of aliphatic hydroxyl groups excluding tert-OH is 1. The average molecular weight is 269 g/mol. The first-order valence-corrected chi connectivity index (χ1v) is 6.11. The van der Waals surface area contributed by atoms with Gasteiger partial charge in [0.05, 0.1) is 0 Å². The minimum atomic E-state index is -0.263. The van der Waals surface area contributed by atoms with E-state index in [4.69, 9.17) is 5.11 Å². The van der Waals surface area contributed by atoms with Crippen LogP contribution in [0.25, 0.3) is 0 Å². The maximum Gasteiger partial charge on any atom is 0.276 e. The fourth-order valence-electron chi connectivity index (χ4n) is 1.70. The van der Waals surface area contributed by atoms with E-state index in [0.29, 0.717) is 11.4 Å². The molecule has 2 aromatic rings. The van der Waals surface area contributed by atoms with E-state index < -0.39 is 0 Å². The number of nitrogens with zero attached hydrogens (tertiary/aromatic N) is 2. The topological polar surface area (TPSA) is 67.2 Å². The van der Waals surface area contributed by atoms with Crippen molar-refractivity contribution >= 4 is 11.6 Å². The van der Waals surface area contributed by atoms with Crippen molar-refractivity contribution in [1.29, 1.82) is 0 Å². The van der Waals surface area contributed by atoms with Gasteiger partial charge in [0.2, 0.25) is 0 Å². The summed E-state index contributed by atoms with van der Waals surface area (Å²) in [5.41, 5.74) is 2.72. The SMILES string of the molecule is Cc1ccc(C#CCO)cc1NC(=O)c1ccn(C)n1. The first-order valence-electron chi connectivity index (χ1n) is 6.11. The molecule has 5 nitrogen and oxygen atoms in total. The van der Waals surface area contributed by atoms with Gasteiger partial charge in [0, 0.05) is 24.5 Å². The summed E-state index contributed by atoms with van der Waals surface area (Å²) < 4.78 is 1.57. The third-order valence-corrected chi connectivity index (χ3v) is 2.74. The highest BCUT2D eigenvalue weighted by molar-refractivity contribution is 6.03. The van der Waals surface area contributed by atoms with Crippen molar-refractivity contribution in [3.05, 3.63) is 47.3 Å². The van der Waals surface area contributed by atoms with Crippen LogP contribution >= 0.6 is 0 Å². The van der Waals surface area contributed by atoms with Gasteiger partial charge in [-0.25, -0.2) is 0 Å². The lowest BCUT2D eigenvalue weighted by Gasteiger charge is -2.07. The van der Waals surface area contributed by atoms with Crippen molar-refractivity contribution in [3.63, 3.8) is 0 Å².